The van der Waals surface area contributed by atoms with Crippen molar-refractivity contribution in [1.29, 1.82) is 0 Å². The average molecular weight is 271 g/mol. The van der Waals surface area contributed by atoms with Gasteiger partial charge in [0.15, 0.2) is 0 Å². The molecule has 1 aliphatic rings. The fourth-order valence-electron chi connectivity index (χ4n) is 2.01. The van der Waals surface area contributed by atoms with Gasteiger partial charge in [0, 0.05) is 19.6 Å². The molecule has 1 saturated heterocycles. The predicted octanol–water partition coefficient (Wildman–Crippen LogP) is 0.325. The maximum atomic E-state index is 5.53. The second kappa shape index (κ2) is 7.54. The smallest absolute Gasteiger partial charge is 0.228 e. The Labute approximate surface area is 112 Å². The summed E-state index contributed by atoms with van der Waals surface area (Å²) in [5, 5.41) is 7.27. The minimum absolute atomic E-state index is 0.173. The number of ether oxygens (including phenoxy) is 3. The summed E-state index contributed by atoms with van der Waals surface area (Å²) in [6, 6.07) is 0.173. The zero-order valence-electron chi connectivity index (χ0n) is 11.4. The average Bonchev–Trinajstić information content (AvgIpc) is 2.89. The Morgan fingerprint density at radius 2 is 2.37 bits per heavy atom. The van der Waals surface area contributed by atoms with Crippen LogP contribution in [0.1, 0.15) is 24.7 Å². The predicted molar refractivity (Wildman–Crippen MR) is 66.9 cm³/mol. The van der Waals surface area contributed by atoms with E-state index in [1.807, 2.05) is 0 Å². The van der Waals surface area contributed by atoms with Crippen LogP contribution in [0.15, 0.2) is 4.52 Å². The molecule has 1 aromatic rings. The van der Waals surface area contributed by atoms with Crippen LogP contribution in [0.3, 0.4) is 0 Å². The zero-order valence-corrected chi connectivity index (χ0v) is 11.4. The Morgan fingerprint density at radius 1 is 1.47 bits per heavy atom. The first-order chi connectivity index (χ1) is 9.33. The highest BCUT2D eigenvalue weighted by Gasteiger charge is 2.23. The SMILES string of the molecule is CCNC(COC)Cc1nc(C2COCCO2)no1. The first-order valence-corrected chi connectivity index (χ1v) is 6.57. The Balaban J connectivity index is 1.91. The lowest BCUT2D eigenvalue weighted by Gasteiger charge is -2.19. The summed E-state index contributed by atoms with van der Waals surface area (Å²) in [5.41, 5.74) is 0. The van der Waals surface area contributed by atoms with Crippen molar-refractivity contribution in [3.8, 4) is 0 Å². The molecule has 0 aliphatic carbocycles. The lowest BCUT2D eigenvalue weighted by Crippen LogP contribution is -2.35. The van der Waals surface area contributed by atoms with Crippen molar-refractivity contribution in [2.75, 3.05) is 40.1 Å². The standard InChI is InChI=1S/C12H21N3O4/c1-3-13-9(7-16-2)6-11-14-12(15-19-11)10-8-17-4-5-18-10/h9-10,13H,3-8H2,1-2H3. The normalized spacial score (nSPS) is 21.5. The number of nitrogens with one attached hydrogen (secondary N) is 1. The molecular formula is C12H21N3O4. The molecule has 1 N–H and O–H groups in total. The van der Waals surface area contributed by atoms with Crippen LogP contribution in [-0.2, 0) is 20.6 Å². The van der Waals surface area contributed by atoms with Crippen molar-refractivity contribution in [3.05, 3.63) is 11.7 Å². The lowest BCUT2D eigenvalue weighted by molar-refractivity contribution is -0.0941. The molecule has 1 aromatic heterocycles. The van der Waals surface area contributed by atoms with Crippen LogP contribution in [0, 0.1) is 0 Å². The van der Waals surface area contributed by atoms with E-state index in [9.17, 15) is 0 Å². The molecule has 0 saturated carbocycles. The van der Waals surface area contributed by atoms with Crippen molar-refractivity contribution in [3.63, 3.8) is 0 Å². The number of hydrogen-bond acceptors (Lipinski definition) is 7. The Kier molecular flexibility index (Phi) is 5.71. The first kappa shape index (κ1) is 14.4. The monoisotopic (exact) mass is 271 g/mol. The fraction of sp³-hybridized carbons (Fsp3) is 0.833. The number of hydrogen-bond donors (Lipinski definition) is 1. The summed E-state index contributed by atoms with van der Waals surface area (Å²) < 4.78 is 21.3. The van der Waals surface area contributed by atoms with Gasteiger partial charge in [-0.3, -0.25) is 0 Å². The number of likely N-dealkylation sites (N-methyl/N-ethyl adjacent to an activating group) is 1. The van der Waals surface area contributed by atoms with Gasteiger partial charge in [0.2, 0.25) is 11.7 Å². The minimum atomic E-state index is -0.216. The van der Waals surface area contributed by atoms with Crippen LogP contribution in [0.2, 0.25) is 0 Å². The minimum Gasteiger partial charge on any atom is -0.383 e. The maximum Gasteiger partial charge on any atom is 0.228 e. The van der Waals surface area contributed by atoms with Gasteiger partial charge < -0.3 is 24.1 Å². The Hall–Kier alpha value is -1.02. The van der Waals surface area contributed by atoms with E-state index in [2.05, 4.69) is 22.4 Å². The van der Waals surface area contributed by atoms with Crippen LogP contribution in [0.4, 0.5) is 0 Å². The highest BCUT2D eigenvalue weighted by Crippen LogP contribution is 2.18. The molecular weight excluding hydrogens is 250 g/mol. The van der Waals surface area contributed by atoms with Gasteiger partial charge in [0.25, 0.3) is 0 Å². The van der Waals surface area contributed by atoms with Crippen molar-refractivity contribution in [2.45, 2.75) is 25.5 Å². The third kappa shape index (κ3) is 4.24. The highest BCUT2D eigenvalue weighted by molar-refractivity contribution is 4.94. The molecule has 0 spiro atoms. The lowest BCUT2D eigenvalue weighted by atomic mass is 10.2. The Bertz CT molecular complexity index is 360. The third-order valence-corrected chi connectivity index (χ3v) is 2.87. The van der Waals surface area contributed by atoms with Gasteiger partial charge in [-0.25, -0.2) is 0 Å². The molecule has 108 valence electrons. The van der Waals surface area contributed by atoms with E-state index >= 15 is 0 Å². The van der Waals surface area contributed by atoms with Crippen LogP contribution >= 0.6 is 0 Å². The van der Waals surface area contributed by atoms with Gasteiger partial charge in [-0.2, -0.15) is 4.98 Å². The maximum absolute atomic E-state index is 5.53. The molecule has 19 heavy (non-hydrogen) atoms. The van der Waals surface area contributed by atoms with Crippen LogP contribution in [0.5, 0.6) is 0 Å². The number of nitrogens with zero attached hydrogens (tertiary/aromatic N) is 2. The van der Waals surface area contributed by atoms with Crippen LogP contribution in [-0.4, -0.2) is 56.3 Å². The summed E-state index contributed by atoms with van der Waals surface area (Å²) in [7, 11) is 1.68. The van der Waals surface area contributed by atoms with Gasteiger partial charge in [-0.05, 0) is 6.54 Å². The molecule has 2 atom stereocenters. The molecule has 0 amide bonds. The molecule has 7 heteroatoms. The van der Waals surface area contributed by atoms with Gasteiger partial charge in [0.05, 0.1) is 26.4 Å². The largest absolute Gasteiger partial charge is 0.383 e. The van der Waals surface area contributed by atoms with Crippen molar-refractivity contribution in [1.82, 2.24) is 15.5 Å². The Morgan fingerprint density at radius 3 is 3.05 bits per heavy atom. The molecule has 2 unspecified atom stereocenters. The molecule has 7 nitrogen and oxygen atoms in total. The topological polar surface area (TPSA) is 78.6 Å². The van der Waals surface area contributed by atoms with E-state index in [1.165, 1.54) is 0 Å². The van der Waals surface area contributed by atoms with Crippen molar-refractivity contribution in [2.24, 2.45) is 0 Å². The highest BCUT2D eigenvalue weighted by atomic mass is 16.6. The molecule has 0 radical (unpaired) electrons. The third-order valence-electron chi connectivity index (χ3n) is 2.87. The molecule has 0 bridgehead atoms. The summed E-state index contributed by atoms with van der Waals surface area (Å²) in [6.07, 6.45) is 0.425. The van der Waals surface area contributed by atoms with Gasteiger partial charge >= 0.3 is 0 Å². The van der Waals surface area contributed by atoms with E-state index < -0.39 is 0 Å². The molecule has 1 aliphatic heterocycles. The summed E-state index contributed by atoms with van der Waals surface area (Å²) >= 11 is 0. The van der Waals surface area contributed by atoms with Gasteiger partial charge in [0.1, 0.15) is 6.10 Å². The van der Waals surface area contributed by atoms with E-state index in [0.29, 0.717) is 44.6 Å². The van der Waals surface area contributed by atoms with Gasteiger partial charge in [-0.15, -0.1) is 0 Å². The zero-order chi connectivity index (χ0) is 13.5. The van der Waals surface area contributed by atoms with Crippen LogP contribution < -0.4 is 5.32 Å². The summed E-state index contributed by atoms with van der Waals surface area (Å²) in [4.78, 5) is 4.36. The first-order valence-electron chi connectivity index (χ1n) is 6.57. The molecule has 2 heterocycles. The molecule has 2 rings (SSSR count). The summed E-state index contributed by atoms with van der Waals surface area (Å²) in [5.74, 6) is 1.15. The fourth-order valence-corrected chi connectivity index (χ4v) is 2.01. The van der Waals surface area contributed by atoms with Gasteiger partial charge in [-0.1, -0.05) is 12.1 Å². The summed E-state index contributed by atoms with van der Waals surface area (Å²) in [6.45, 7) is 5.20. The number of rotatable bonds is 7. The molecule has 1 fully saturated rings. The number of methoxy groups -OCH3 is 1. The van der Waals surface area contributed by atoms with Crippen molar-refractivity contribution >= 4 is 0 Å². The van der Waals surface area contributed by atoms with Crippen LogP contribution in [0.25, 0.3) is 0 Å². The van der Waals surface area contributed by atoms with E-state index in [4.69, 9.17) is 18.7 Å². The molecule has 0 aromatic carbocycles. The van der Waals surface area contributed by atoms with E-state index in [0.717, 1.165) is 6.54 Å². The number of aromatic nitrogens is 2. The van der Waals surface area contributed by atoms with E-state index in [-0.39, 0.29) is 12.1 Å². The van der Waals surface area contributed by atoms with Crippen molar-refractivity contribution < 1.29 is 18.7 Å². The second-order valence-corrected chi connectivity index (χ2v) is 4.39. The van der Waals surface area contributed by atoms with E-state index in [1.54, 1.807) is 7.11 Å². The second-order valence-electron chi connectivity index (χ2n) is 4.39. The quantitative estimate of drug-likeness (QED) is 0.765.